The molecule has 2 aliphatic rings. The van der Waals surface area contributed by atoms with E-state index in [9.17, 15) is 13.6 Å². The first-order valence-corrected chi connectivity index (χ1v) is 15.9. The Balaban J connectivity index is 1.21. The summed E-state index contributed by atoms with van der Waals surface area (Å²) in [5.41, 5.74) is 4.52. The van der Waals surface area contributed by atoms with Crippen molar-refractivity contribution in [2.75, 3.05) is 24.5 Å². The van der Waals surface area contributed by atoms with Gasteiger partial charge in [0, 0.05) is 43.7 Å². The van der Waals surface area contributed by atoms with E-state index in [1.54, 1.807) is 12.3 Å². The highest BCUT2D eigenvalue weighted by molar-refractivity contribution is 5.97. The van der Waals surface area contributed by atoms with Gasteiger partial charge in [0.05, 0.1) is 23.6 Å². The van der Waals surface area contributed by atoms with Crippen LogP contribution in [0.25, 0.3) is 38.8 Å². The lowest BCUT2D eigenvalue weighted by molar-refractivity contribution is -0.132. The van der Waals surface area contributed by atoms with E-state index in [0.717, 1.165) is 46.6 Å². The number of nitrogens with zero attached hydrogens (tertiary/aromatic N) is 8. The van der Waals surface area contributed by atoms with Crippen LogP contribution in [0, 0.1) is 11.6 Å². The molecule has 48 heavy (non-hydrogen) atoms. The minimum atomic E-state index is -0.771. The van der Waals surface area contributed by atoms with E-state index < -0.39 is 17.7 Å². The molecule has 1 saturated heterocycles. The molecule has 8 rings (SSSR count). The fraction of sp³-hybridized carbons (Fsp3) is 0.250. The minimum Gasteiger partial charge on any atom is -0.488 e. The van der Waals surface area contributed by atoms with Gasteiger partial charge in [-0.05, 0) is 54.3 Å². The Morgan fingerprint density at radius 3 is 2.81 bits per heavy atom. The number of anilines is 1. The van der Waals surface area contributed by atoms with Crippen LogP contribution in [-0.4, -0.2) is 72.1 Å². The van der Waals surface area contributed by atoms with E-state index in [1.807, 2.05) is 51.9 Å². The van der Waals surface area contributed by atoms with E-state index in [4.69, 9.17) is 9.84 Å². The standard InChI is InChI=1S/C36H32F2N8O2/c1-3-14-44-15-6-11-31-33-26(9-5-10-29(33)42-43(31)2)22-7-4-8-24(16-22)48-25-18-32(36(44)47)45(20-25)34-27-19-41-46(35(27)40-21-39-34)30-13-12-23(37)17-28(30)38/h3-5,7-10,12-13,16-17,19,21,25,32H,1,6,11,14-15,18,20H2,2H3/t25-,32-/m0/s1. The Hall–Kier alpha value is -5.65. The zero-order valence-corrected chi connectivity index (χ0v) is 26.3. The monoisotopic (exact) mass is 646 g/mol. The average Bonchev–Trinajstić information content (AvgIpc) is 3.79. The van der Waals surface area contributed by atoms with Crippen LogP contribution in [-0.2, 0) is 18.3 Å². The molecule has 0 spiro atoms. The molecule has 5 heterocycles. The van der Waals surface area contributed by atoms with Gasteiger partial charge in [-0.15, -0.1) is 6.58 Å². The molecule has 3 aromatic carbocycles. The van der Waals surface area contributed by atoms with Crippen LogP contribution in [0.2, 0.25) is 0 Å². The van der Waals surface area contributed by atoms with Crippen molar-refractivity contribution < 1.29 is 18.3 Å². The van der Waals surface area contributed by atoms with E-state index in [1.165, 1.54) is 23.1 Å². The van der Waals surface area contributed by atoms with Gasteiger partial charge >= 0.3 is 0 Å². The maximum atomic E-state index is 14.8. The van der Waals surface area contributed by atoms with Gasteiger partial charge < -0.3 is 14.5 Å². The Morgan fingerprint density at radius 1 is 1.08 bits per heavy atom. The second-order valence-electron chi connectivity index (χ2n) is 12.2. The average molecular weight is 647 g/mol. The van der Waals surface area contributed by atoms with Gasteiger partial charge in [-0.2, -0.15) is 10.2 Å². The highest BCUT2D eigenvalue weighted by Crippen LogP contribution is 2.36. The molecular formula is C36H32F2N8O2. The fourth-order valence-corrected chi connectivity index (χ4v) is 7.10. The Bertz CT molecular complexity index is 2210. The van der Waals surface area contributed by atoms with Gasteiger partial charge in [-0.3, -0.25) is 9.48 Å². The first-order valence-electron chi connectivity index (χ1n) is 15.9. The van der Waals surface area contributed by atoms with Crippen molar-refractivity contribution in [3.63, 3.8) is 0 Å². The third kappa shape index (κ3) is 5.04. The summed E-state index contributed by atoms with van der Waals surface area (Å²) in [6.45, 7) is 5.20. The summed E-state index contributed by atoms with van der Waals surface area (Å²) in [4.78, 5) is 27.2. The molecule has 3 aromatic heterocycles. The van der Waals surface area contributed by atoms with Crippen molar-refractivity contribution >= 4 is 33.7 Å². The van der Waals surface area contributed by atoms with E-state index >= 15 is 0 Å². The predicted octanol–water partition coefficient (Wildman–Crippen LogP) is 5.63. The first-order chi connectivity index (χ1) is 23.4. The number of halogens is 2. The zero-order valence-electron chi connectivity index (χ0n) is 26.3. The van der Waals surface area contributed by atoms with E-state index in [0.29, 0.717) is 48.7 Å². The predicted molar refractivity (Wildman–Crippen MR) is 178 cm³/mol. The number of carbonyl (C=O) groups excluding carboxylic acids is 1. The summed E-state index contributed by atoms with van der Waals surface area (Å²) < 4.78 is 38.4. The molecule has 1 fully saturated rings. The van der Waals surface area contributed by atoms with Crippen LogP contribution in [0.4, 0.5) is 14.6 Å². The largest absolute Gasteiger partial charge is 0.488 e. The highest BCUT2D eigenvalue weighted by atomic mass is 19.1. The lowest BCUT2D eigenvalue weighted by Gasteiger charge is -2.30. The molecular weight excluding hydrogens is 614 g/mol. The maximum absolute atomic E-state index is 14.8. The second kappa shape index (κ2) is 11.9. The van der Waals surface area contributed by atoms with Gasteiger partial charge in [-0.1, -0.05) is 30.3 Å². The van der Waals surface area contributed by atoms with Crippen molar-refractivity contribution in [2.24, 2.45) is 7.05 Å². The molecule has 242 valence electrons. The number of amides is 1. The van der Waals surface area contributed by atoms with E-state index in [-0.39, 0.29) is 17.7 Å². The van der Waals surface area contributed by atoms with Crippen molar-refractivity contribution in [3.8, 4) is 22.6 Å². The lowest BCUT2D eigenvalue weighted by atomic mass is 9.98. The van der Waals surface area contributed by atoms with Gasteiger partial charge in [0.25, 0.3) is 0 Å². The zero-order chi connectivity index (χ0) is 32.9. The number of fused-ring (bicyclic) bond motifs is 6. The molecule has 6 aromatic rings. The number of aromatic nitrogens is 6. The SMILES string of the molecule is C=CCN1CCCc2c3c(cccc3nn2C)-c2cccc(c2)O[C@H]2C[C@@H](C1=O)N(c1ncnc3c1cnn3-c1ccc(F)cc1F)C2. The third-order valence-electron chi connectivity index (χ3n) is 9.23. The topological polar surface area (TPSA) is 94.2 Å². The first kappa shape index (κ1) is 29.7. The Morgan fingerprint density at radius 2 is 1.96 bits per heavy atom. The van der Waals surface area contributed by atoms with Crippen LogP contribution in [0.5, 0.6) is 5.75 Å². The highest BCUT2D eigenvalue weighted by Gasteiger charge is 2.41. The summed E-state index contributed by atoms with van der Waals surface area (Å²) in [7, 11) is 1.96. The Labute approximate surface area is 274 Å². The number of hydrogen-bond donors (Lipinski definition) is 0. The molecule has 2 atom stereocenters. The quantitative estimate of drug-likeness (QED) is 0.229. The van der Waals surface area contributed by atoms with Gasteiger partial charge in [0.15, 0.2) is 11.5 Å². The fourth-order valence-electron chi connectivity index (χ4n) is 7.10. The molecule has 12 heteroatoms. The lowest BCUT2D eigenvalue weighted by Crippen LogP contribution is -2.46. The molecule has 2 aliphatic heterocycles. The Kier molecular flexibility index (Phi) is 7.34. The van der Waals surface area contributed by atoms with Crippen LogP contribution in [0.1, 0.15) is 18.5 Å². The van der Waals surface area contributed by atoms with Crippen LogP contribution < -0.4 is 9.64 Å². The molecule has 0 radical (unpaired) electrons. The van der Waals surface area contributed by atoms with Crippen molar-refractivity contribution in [3.05, 3.63) is 103 Å². The maximum Gasteiger partial charge on any atom is 0.245 e. The summed E-state index contributed by atoms with van der Waals surface area (Å²) >= 11 is 0. The number of benzene rings is 3. The van der Waals surface area contributed by atoms with Crippen LogP contribution in [0.15, 0.2) is 85.8 Å². The number of ether oxygens (including phenoxy) is 1. The number of hydrogen-bond acceptors (Lipinski definition) is 7. The molecule has 10 nitrogen and oxygen atoms in total. The van der Waals surface area contributed by atoms with Crippen LogP contribution >= 0.6 is 0 Å². The molecule has 1 amide bonds. The van der Waals surface area contributed by atoms with Crippen molar-refractivity contribution in [1.29, 1.82) is 0 Å². The van der Waals surface area contributed by atoms with Gasteiger partial charge in [0.2, 0.25) is 5.91 Å². The molecule has 4 bridgehead atoms. The van der Waals surface area contributed by atoms with Crippen molar-refractivity contribution in [2.45, 2.75) is 31.4 Å². The summed E-state index contributed by atoms with van der Waals surface area (Å²) in [5.74, 6) is -0.348. The number of carbonyl (C=O) groups is 1. The summed E-state index contributed by atoms with van der Waals surface area (Å²) in [5, 5.41) is 10.8. The summed E-state index contributed by atoms with van der Waals surface area (Å²) in [6, 6.07) is 16.9. The normalized spacial score (nSPS) is 18.2. The van der Waals surface area contributed by atoms with E-state index in [2.05, 4.69) is 33.8 Å². The summed E-state index contributed by atoms with van der Waals surface area (Å²) in [6.07, 6.45) is 6.19. The van der Waals surface area contributed by atoms with Gasteiger partial charge in [0.1, 0.15) is 41.5 Å². The molecule has 0 unspecified atom stereocenters. The number of aryl methyl sites for hydroxylation is 2. The smallest absolute Gasteiger partial charge is 0.245 e. The van der Waals surface area contributed by atoms with Gasteiger partial charge in [-0.25, -0.2) is 23.4 Å². The third-order valence-corrected chi connectivity index (χ3v) is 9.23. The number of rotatable bonds is 4. The molecule has 0 saturated carbocycles. The molecule has 0 aliphatic carbocycles. The molecule has 0 N–H and O–H groups in total. The second-order valence-corrected chi connectivity index (χ2v) is 12.2. The van der Waals surface area contributed by atoms with Crippen LogP contribution in [0.3, 0.4) is 0 Å². The minimum absolute atomic E-state index is 0.0528. The van der Waals surface area contributed by atoms with Crippen molar-refractivity contribution in [1.82, 2.24) is 34.4 Å².